The monoisotopic (exact) mass is 428 g/mol. The van der Waals surface area contributed by atoms with Crippen LogP contribution in [0.15, 0.2) is 54.6 Å². The van der Waals surface area contributed by atoms with E-state index in [4.69, 9.17) is 9.47 Å². The zero-order chi connectivity index (χ0) is 22.2. The molecule has 3 aromatic rings. The van der Waals surface area contributed by atoms with Crippen LogP contribution < -0.4 is 9.47 Å². The fourth-order valence-electron chi connectivity index (χ4n) is 3.24. The van der Waals surface area contributed by atoms with Gasteiger partial charge in [-0.3, -0.25) is 0 Å². The normalized spacial score (nSPS) is 10.9. The molecule has 3 rings (SSSR count). The summed E-state index contributed by atoms with van der Waals surface area (Å²) in [7, 11) is 0. The van der Waals surface area contributed by atoms with Crippen LogP contribution in [-0.4, -0.2) is 6.61 Å². The maximum Gasteiger partial charge on any atom is 0.201 e. The molecule has 31 heavy (non-hydrogen) atoms. The molecule has 3 aromatic carbocycles. The summed E-state index contributed by atoms with van der Waals surface area (Å²) in [4.78, 5) is 0. The Hall–Kier alpha value is -2.95. The maximum absolute atomic E-state index is 14.6. The Morgan fingerprint density at radius 2 is 1.48 bits per heavy atom. The lowest BCUT2D eigenvalue weighted by Crippen LogP contribution is -2.02. The Labute approximate surface area is 181 Å². The van der Waals surface area contributed by atoms with E-state index in [1.807, 2.05) is 0 Å². The molecule has 0 amide bonds. The van der Waals surface area contributed by atoms with E-state index in [0.29, 0.717) is 12.2 Å². The molecule has 0 aliphatic carbocycles. The van der Waals surface area contributed by atoms with Crippen molar-refractivity contribution in [2.75, 3.05) is 6.61 Å². The molecule has 0 aliphatic heterocycles. The molecule has 0 aliphatic rings. The summed E-state index contributed by atoms with van der Waals surface area (Å²) in [5.41, 5.74) is 2.30. The van der Waals surface area contributed by atoms with Crippen LogP contribution >= 0.6 is 0 Å². The SMILES string of the molecule is CCCCCCOc1ccc(-c2ccc(COc3ccc(C)cc3F)cc2)c(F)c1F. The third-order valence-corrected chi connectivity index (χ3v) is 5.05. The molecule has 0 spiro atoms. The second-order valence-corrected chi connectivity index (χ2v) is 7.57. The molecule has 0 heterocycles. The summed E-state index contributed by atoms with van der Waals surface area (Å²) in [6.07, 6.45) is 4.02. The third kappa shape index (κ3) is 6.03. The van der Waals surface area contributed by atoms with E-state index in [2.05, 4.69) is 6.92 Å². The zero-order valence-corrected chi connectivity index (χ0v) is 17.9. The predicted octanol–water partition coefficient (Wildman–Crippen LogP) is 7.62. The minimum Gasteiger partial charge on any atom is -0.490 e. The first-order valence-corrected chi connectivity index (χ1v) is 10.6. The lowest BCUT2D eigenvalue weighted by Gasteiger charge is -2.11. The lowest BCUT2D eigenvalue weighted by atomic mass is 10.0. The first-order chi connectivity index (χ1) is 15.0. The van der Waals surface area contributed by atoms with Crippen LogP contribution in [0.1, 0.15) is 43.7 Å². The van der Waals surface area contributed by atoms with E-state index < -0.39 is 17.5 Å². The average molecular weight is 428 g/mol. The van der Waals surface area contributed by atoms with Gasteiger partial charge in [-0.1, -0.05) is 56.5 Å². The number of aryl methyl sites for hydroxylation is 1. The summed E-state index contributed by atoms with van der Waals surface area (Å²) in [5, 5.41) is 0. The van der Waals surface area contributed by atoms with Gasteiger partial charge in [0, 0.05) is 5.56 Å². The number of halogens is 3. The summed E-state index contributed by atoms with van der Waals surface area (Å²) < 4.78 is 53.8. The summed E-state index contributed by atoms with van der Waals surface area (Å²) >= 11 is 0. The number of unbranched alkanes of at least 4 members (excludes halogenated alkanes) is 3. The van der Waals surface area contributed by atoms with Gasteiger partial charge in [0.25, 0.3) is 0 Å². The van der Waals surface area contributed by atoms with E-state index in [1.54, 1.807) is 43.3 Å². The van der Waals surface area contributed by atoms with Gasteiger partial charge in [0.1, 0.15) is 6.61 Å². The number of ether oxygens (including phenoxy) is 2. The van der Waals surface area contributed by atoms with Crippen LogP contribution in [-0.2, 0) is 6.61 Å². The fraction of sp³-hybridized carbons (Fsp3) is 0.308. The predicted molar refractivity (Wildman–Crippen MR) is 117 cm³/mol. The zero-order valence-electron chi connectivity index (χ0n) is 17.9. The van der Waals surface area contributed by atoms with Gasteiger partial charge >= 0.3 is 0 Å². The van der Waals surface area contributed by atoms with Crippen molar-refractivity contribution >= 4 is 0 Å². The van der Waals surface area contributed by atoms with Gasteiger partial charge in [0.2, 0.25) is 5.82 Å². The van der Waals surface area contributed by atoms with Gasteiger partial charge in [-0.15, -0.1) is 0 Å². The maximum atomic E-state index is 14.6. The van der Waals surface area contributed by atoms with Crippen molar-refractivity contribution in [1.29, 1.82) is 0 Å². The quantitative estimate of drug-likeness (QED) is 0.309. The highest BCUT2D eigenvalue weighted by Crippen LogP contribution is 2.30. The average Bonchev–Trinajstić information content (AvgIpc) is 2.76. The van der Waals surface area contributed by atoms with Gasteiger partial charge in [-0.25, -0.2) is 8.78 Å². The van der Waals surface area contributed by atoms with E-state index in [-0.39, 0.29) is 23.7 Å². The van der Waals surface area contributed by atoms with Crippen LogP contribution in [0, 0.1) is 24.4 Å². The first-order valence-electron chi connectivity index (χ1n) is 10.6. The molecule has 0 fully saturated rings. The largest absolute Gasteiger partial charge is 0.490 e. The number of rotatable bonds is 10. The minimum absolute atomic E-state index is 0.0668. The van der Waals surface area contributed by atoms with Crippen molar-refractivity contribution in [3.63, 3.8) is 0 Å². The molecular weight excluding hydrogens is 401 g/mol. The minimum atomic E-state index is -0.977. The standard InChI is InChI=1S/C26H27F3O2/c1-3-4-5-6-15-30-24-14-12-21(25(28)26(24)29)20-10-8-19(9-11-20)17-31-23-13-7-18(2)16-22(23)27/h7-14,16H,3-6,15,17H2,1-2H3. The van der Waals surface area contributed by atoms with Gasteiger partial charge in [0.05, 0.1) is 6.61 Å². The highest BCUT2D eigenvalue weighted by Gasteiger charge is 2.16. The Morgan fingerprint density at radius 3 is 2.19 bits per heavy atom. The molecule has 0 bridgehead atoms. The second-order valence-electron chi connectivity index (χ2n) is 7.57. The van der Waals surface area contributed by atoms with Gasteiger partial charge < -0.3 is 9.47 Å². The van der Waals surface area contributed by atoms with Gasteiger partial charge in [0.15, 0.2) is 23.1 Å². The molecule has 164 valence electrons. The summed E-state index contributed by atoms with van der Waals surface area (Å²) in [6, 6.07) is 14.6. The molecule has 5 heteroatoms. The van der Waals surface area contributed by atoms with E-state index in [9.17, 15) is 13.2 Å². The molecule has 2 nitrogen and oxygen atoms in total. The third-order valence-electron chi connectivity index (χ3n) is 5.05. The molecule has 0 saturated heterocycles. The summed E-state index contributed by atoms with van der Waals surface area (Å²) in [5.74, 6) is -2.22. The summed E-state index contributed by atoms with van der Waals surface area (Å²) in [6.45, 7) is 4.45. The topological polar surface area (TPSA) is 18.5 Å². The Morgan fingerprint density at radius 1 is 0.742 bits per heavy atom. The van der Waals surface area contributed by atoms with Crippen molar-refractivity contribution in [3.8, 4) is 22.6 Å². The van der Waals surface area contributed by atoms with Crippen LogP contribution in [0.5, 0.6) is 11.5 Å². The molecule has 0 atom stereocenters. The Kier molecular flexibility index (Phi) is 7.99. The molecule has 0 N–H and O–H groups in total. The van der Waals surface area contributed by atoms with Crippen LogP contribution in [0.2, 0.25) is 0 Å². The van der Waals surface area contributed by atoms with Crippen molar-refractivity contribution in [1.82, 2.24) is 0 Å². The smallest absolute Gasteiger partial charge is 0.201 e. The van der Waals surface area contributed by atoms with Crippen LogP contribution in [0.25, 0.3) is 11.1 Å². The van der Waals surface area contributed by atoms with E-state index >= 15 is 0 Å². The molecular formula is C26H27F3O2. The molecule has 0 radical (unpaired) electrons. The van der Waals surface area contributed by atoms with Gasteiger partial charge in [-0.05, 0) is 54.3 Å². The van der Waals surface area contributed by atoms with E-state index in [0.717, 1.165) is 36.8 Å². The second kappa shape index (κ2) is 10.9. The highest BCUT2D eigenvalue weighted by atomic mass is 19.2. The van der Waals surface area contributed by atoms with Gasteiger partial charge in [-0.2, -0.15) is 4.39 Å². The van der Waals surface area contributed by atoms with Crippen molar-refractivity contribution < 1.29 is 22.6 Å². The Bertz CT molecular complexity index is 1000. The van der Waals surface area contributed by atoms with Crippen molar-refractivity contribution in [2.24, 2.45) is 0 Å². The molecule has 0 unspecified atom stereocenters. The fourth-order valence-corrected chi connectivity index (χ4v) is 3.24. The number of hydrogen-bond acceptors (Lipinski definition) is 2. The van der Waals surface area contributed by atoms with Crippen molar-refractivity contribution in [2.45, 2.75) is 46.1 Å². The first kappa shape index (κ1) is 22.7. The number of benzene rings is 3. The lowest BCUT2D eigenvalue weighted by molar-refractivity contribution is 0.285. The van der Waals surface area contributed by atoms with Crippen molar-refractivity contribution in [3.05, 3.63) is 83.2 Å². The van der Waals surface area contributed by atoms with E-state index in [1.165, 1.54) is 18.2 Å². The molecule has 0 aromatic heterocycles. The molecule has 0 saturated carbocycles. The highest BCUT2D eigenvalue weighted by molar-refractivity contribution is 5.65. The number of hydrogen-bond donors (Lipinski definition) is 0. The van der Waals surface area contributed by atoms with Crippen LogP contribution in [0.3, 0.4) is 0 Å². The van der Waals surface area contributed by atoms with Crippen LogP contribution in [0.4, 0.5) is 13.2 Å². The Balaban J connectivity index is 1.64.